The lowest BCUT2D eigenvalue weighted by atomic mass is 9.83. The Hall–Kier alpha value is -4.40. The summed E-state index contributed by atoms with van der Waals surface area (Å²) in [5.41, 5.74) is 1.17. The molecule has 220 valence electrons. The molecule has 3 aromatic carbocycles. The molecule has 42 heavy (non-hydrogen) atoms. The van der Waals surface area contributed by atoms with E-state index in [9.17, 15) is 19.2 Å². The molecule has 0 N–H and O–H groups in total. The highest BCUT2D eigenvalue weighted by atomic mass is 16.5. The lowest BCUT2D eigenvalue weighted by Crippen LogP contribution is -2.16. The van der Waals surface area contributed by atoms with Gasteiger partial charge in [0.25, 0.3) is 0 Å². The summed E-state index contributed by atoms with van der Waals surface area (Å²) < 4.78 is 21.7. The summed E-state index contributed by atoms with van der Waals surface area (Å²) in [6.07, 6.45) is 5.85. The SMILES string of the molecule is BC(CCCC)C(=O)Oc1ccc(C(=O)Oc2ccc(OC(=O)c3ccc(OC(=O)CCCCC)cc3)c(C)c2)cc1. The molecule has 0 saturated carbocycles. The second-order valence-corrected chi connectivity index (χ2v) is 10.2. The Kier molecular flexibility index (Phi) is 12.4. The molecule has 3 rings (SSSR count). The topological polar surface area (TPSA) is 105 Å². The van der Waals surface area contributed by atoms with Crippen molar-refractivity contribution in [1.82, 2.24) is 0 Å². The number of aryl methyl sites for hydroxylation is 1. The maximum Gasteiger partial charge on any atom is 0.343 e. The summed E-state index contributed by atoms with van der Waals surface area (Å²) in [6.45, 7) is 5.86. The van der Waals surface area contributed by atoms with Gasteiger partial charge in [-0.25, -0.2) is 9.59 Å². The highest BCUT2D eigenvalue weighted by Gasteiger charge is 2.17. The highest BCUT2D eigenvalue weighted by molar-refractivity contribution is 6.22. The van der Waals surface area contributed by atoms with Crippen molar-refractivity contribution in [2.45, 2.75) is 71.5 Å². The van der Waals surface area contributed by atoms with Crippen molar-refractivity contribution >= 4 is 31.7 Å². The van der Waals surface area contributed by atoms with Gasteiger partial charge in [0.05, 0.1) is 11.1 Å². The van der Waals surface area contributed by atoms with Crippen molar-refractivity contribution in [3.63, 3.8) is 0 Å². The molecule has 0 aliphatic rings. The van der Waals surface area contributed by atoms with Crippen LogP contribution in [0.25, 0.3) is 0 Å². The van der Waals surface area contributed by atoms with Crippen molar-refractivity contribution in [2.75, 3.05) is 0 Å². The largest absolute Gasteiger partial charge is 0.427 e. The zero-order valence-corrected chi connectivity index (χ0v) is 24.6. The standard InChI is InChI=1S/C33H37BO8/c1-4-6-8-10-30(35)39-25-15-11-24(12-16-25)32(37)42-29-20-19-27(21-22(29)3)41-31(36)23-13-17-26(18-14-23)40-33(38)28(34)9-7-5-2/h11-21,28H,4-10,34H2,1-3H3. The van der Waals surface area contributed by atoms with Gasteiger partial charge in [-0.2, -0.15) is 0 Å². The van der Waals surface area contributed by atoms with Crippen LogP contribution < -0.4 is 18.9 Å². The Balaban J connectivity index is 1.53. The number of hydrogen-bond acceptors (Lipinski definition) is 8. The van der Waals surface area contributed by atoms with Crippen molar-refractivity contribution in [2.24, 2.45) is 0 Å². The fourth-order valence-corrected chi connectivity index (χ4v) is 3.99. The molecule has 3 aromatic rings. The number of unbranched alkanes of at least 4 members (excludes halogenated alkanes) is 3. The first-order chi connectivity index (χ1) is 20.2. The van der Waals surface area contributed by atoms with Crippen LogP contribution in [-0.2, 0) is 9.59 Å². The summed E-state index contributed by atoms with van der Waals surface area (Å²) in [4.78, 5) is 49.4. The molecule has 9 heteroatoms. The van der Waals surface area contributed by atoms with Gasteiger partial charge in [-0.05, 0) is 92.1 Å². The number of ether oxygens (including phenoxy) is 4. The maximum absolute atomic E-state index is 12.7. The Morgan fingerprint density at radius 1 is 0.667 bits per heavy atom. The zero-order valence-electron chi connectivity index (χ0n) is 24.6. The molecule has 0 bridgehead atoms. The van der Waals surface area contributed by atoms with Crippen molar-refractivity contribution in [1.29, 1.82) is 0 Å². The van der Waals surface area contributed by atoms with Crippen LogP contribution in [0.5, 0.6) is 23.0 Å². The molecular formula is C33H37BO8. The van der Waals surface area contributed by atoms with E-state index in [0.29, 0.717) is 34.8 Å². The molecule has 0 aromatic heterocycles. The van der Waals surface area contributed by atoms with E-state index < -0.39 is 11.9 Å². The summed E-state index contributed by atoms with van der Waals surface area (Å²) in [5.74, 6) is -0.650. The van der Waals surface area contributed by atoms with Gasteiger partial charge in [-0.15, -0.1) is 0 Å². The van der Waals surface area contributed by atoms with Crippen LogP contribution in [0.1, 0.15) is 85.1 Å². The number of hydrogen-bond donors (Lipinski definition) is 0. The van der Waals surface area contributed by atoms with Crippen LogP contribution in [0, 0.1) is 6.92 Å². The zero-order chi connectivity index (χ0) is 30.5. The van der Waals surface area contributed by atoms with Gasteiger partial charge in [0.15, 0.2) is 0 Å². The Morgan fingerprint density at radius 2 is 1.21 bits per heavy atom. The van der Waals surface area contributed by atoms with Crippen LogP contribution in [-0.4, -0.2) is 31.7 Å². The summed E-state index contributed by atoms with van der Waals surface area (Å²) >= 11 is 0. The molecule has 0 spiro atoms. The fourth-order valence-electron chi connectivity index (χ4n) is 3.99. The average molecular weight is 572 g/mol. The van der Waals surface area contributed by atoms with Gasteiger partial charge in [0.2, 0.25) is 0 Å². The number of carbonyl (C=O) groups excluding carboxylic acids is 4. The first-order valence-corrected chi connectivity index (χ1v) is 14.4. The van der Waals surface area contributed by atoms with Crippen LogP contribution in [0.15, 0.2) is 66.7 Å². The highest BCUT2D eigenvalue weighted by Crippen LogP contribution is 2.26. The molecule has 0 heterocycles. The third-order valence-corrected chi connectivity index (χ3v) is 6.57. The third-order valence-electron chi connectivity index (χ3n) is 6.57. The van der Waals surface area contributed by atoms with Crippen LogP contribution in [0.4, 0.5) is 0 Å². The average Bonchev–Trinajstić information content (AvgIpc) is 2.98. The Morgan fingerprint density at radius 3 is 1.79 bits per heavy atom. The second-order valence-electron chi connectivity index (χ2n) is 10.2. The second kappa shape index (κ2) is 16.1. The van der Waals surface area contributed by atoms with Crippen LogP contribution >= 0.6 is 0 Å². The first kappa shape index (κ1) is 32.1. The minimum atomic E-state index is -0.584. The predicted octanol–water partition coefficient (Wildman–Crippen LogP) is 6.44. The molecule has 1 atom stereocenters. The minimum absolute atomic E-state index is 0.197. The summed E-state index contributed by atoms with van der Waals surface area (Å²) in [6, 6.07) is 17.0. The smallest absolute Gasteiger partial charge is 0.343 e. The minimum Gasteiger partial charge on any atom is -0.427 e. The third kappa shape index (κ3) is 9.91. The molecule has 0 aliphatic carbocycles. The predicted molar refractivity (Wildman–Crippen MR) is 161 cm³/mol. The van der Waals surface area contributed by atoms with Crippen molar-refractivity contribution in [3.05, 3.63) is 83.4 Å². The summed E-state index contributed by atoms with van der Waals surface area (Å²) in [5, 5.41) is 0. The van der Waals surface area contributed by atoms with E-state index in [1.54, 1.807) is 43.3 Å². The monoisotopic (exact) mass is 572 g/mol. The molecule has 8 nitrogen and oxygen atoms in total. The molecule has 0 fully saturated rings. The van der Waals surface area contributed by atoms with Gasteiger partial charge in [0.1, 0.15) is 30.8 Å². The fraction of sp³-hybridized carbons (Fsp3) is 0.333. The number of benzene rings is 3. The Bertz CT molecular complexity index is 1370. The first-order valence-electron chi connectivity index (χ1n) is 14.4. The van der Waals surface area contributed by atoms with E-state index in [2.05, 4.69) is 13.8 Å². The van der Waals surface area contributed by atoms with Gasteiger partial charge >= 0.3 is 23.9 Å². The molecule has 0 radical (unpaired) electrons. The molecular weight excluding hydrogens is 535 g/mol. The normalized spacial score (nSPS) is 11.3. The quantitative estimate of drug-likeness (QED) is 0.0941. The van der Waals surface area contributed by atoms with Gasteiger partial charge in [-0.1, -0.05) is 39.5 Å². The van der Waals surface area contributed by atoms with E-state index in [1.165, 1.54) is 30.3 Å². The lowest BCUT2D eigenvalue weighted by molar-refractivity contribution is -0.135. The number of esters is 4. The molecule has 0 amide bonds. The van der Waals surface area contributed by atoms with E-state index in [0.717, 1.165) is 38.5 Å². The maximum atomic E-state index is 12.7. The Labute approximate surface area is 247 Å². The van der Waals surface area contributed by atoms with Gasteiger partial charge < -0.3 is 18.9 Å². The summed E-state index contributed by atoms with van der Waals surface area (Å²) in [7, 11) is 1.84. The van der Waals surface area contributed by atoms with E-state index in [-0.39, 0.29) is 29.1 Å². The van der Waals surface area contributed by atoms with E-state index in [1.807, 2.05) is 7.85 Å². The van der Waals surface area contributed by atoms with Crippen LogP contribution in [0.3, 0.4) is 0 Å². The number of rotatable bonds is 14. The molecule has 0 saturated heterocycles. The van der Waals surface area contributed by atoms with Crippen molar-refractivity contribution < 1.29 is 38.1 Å². The van der Waals surface area contributed by atoms with Crippen molar-refractivity contribution in [3.8, 4) is 23.0 Å². The van der Waals surface area contributed by atoms with Crippen LogP contribution in [0.2, 0.25) is 5.82 Å². The van der Waals surface area contributed by atoms with E-state index >= 15 is 0 Å². The van der Waals surface area contributed by atoms with Gasteiger partial charge in [-0.3, -0.25) is 9.59 Å². The lowest BCUT2D eigenvalue weighted by Gasteiger charge is -2.11. The van der Waals surface area contributed by atoms with Gasteiger partial charge in [0, 0.05) is 12.2 Å². The molecule has 0 aliphatic heterocycles. The number of carbonyl (C=O) groups is 4. The van der Waals surface area contributed by atoms with E-state index in [4.69, 9.17) is 18.9 Å². The molecule has 1 unspecified atom stereocenters.